The number of furan rings is 1. The average Bonchev–Trinajstić information content (AvgIpc) is 2.76. The van der Waals surface area contributed by atoms with Crippen molar-refractivity contribution < 1.29 is 13.9 Å². The number of rotatable bonds is 5. The lowest BCUT2D eigenvalue weighted by atomic mass is 9.79. The molecule has 1 aromatic heterocycles. The van der Waals surface area contributed by atoms with Crippen LogP contribution in [0, 0.1) is 5.41 Å². The topological polar surface area (TPSA) is 77.5 Å². The van der Waals surface area contributed by atoms with Gasteiger partial charge in [0.05, 0.1) is 12.0 Å². The van der Waals surface area contributed by atoms with Crippen LogP contribution in [-0.4, -0.2) is 25.7 Å². The molecule has 6 heteroatoms. The molecule has 3 N–H and O–H groups in total. The average molecular weight is 273 g/mol. The molecule has 100 valence electrons. The van der Waals surface area contributed by atoms with Crippen molar-refractivity contribution >= 4 is 17.5 Å². The maximum Gasteiger partial charge on any atom is 0.225 e. The monoisotopic (exact) mass is 272 g/mol. The molecule has 1 saturated heterocycles. The van der Waals surface area contributed by atoms with Crippen LogP contribution in [0.1, 0.15) is 18.6 Å². The molecule has 0 aliphatic carbocycles. The number of hydrogen-bond donors (Lipinski definition) is 2. The van der Waals surface area contributed by atoms with Gasteiger partial charge in [-0.05, 0) is 36.6 Å². The van der Waals surface area contributed by atoms with Crippen LogP contribution in [0.2, 0.25) is 5.22 Å². The lowest BCUT2D eigenvalue weighted by Crippen LogP contribution is -2.48. The molecule has 0 bridgehead atoms. The van der Waals surface area contributed by atoms with Crippen LogP contribution in [0.4, 0.5) is 0 Å². The first-order valence-electron chi connectivity index (χ1n) is 5.95. The van der Waals surface area contributed by atoms with Gasteiger partial charge >= 0.3 is 0 Å². The van der Waals surface area contributed by atoms with Gasteiger partial charge in [-0.15, -0.1) is 0 Å². The lowest BCUT2D eigenvalue weighted by molar-refractivity contribution is -0.132. The van der Waals surface area contributed by atoms with Crippen LogP contribution in [-0.2, 0) is 16.1 Å². The smallest absolute Gasteiger partial charge is 0.225 e. The summed E-state index contributed by atoms with van der Waals surface area (Å²) in [5.74, 6) is 0.474. The third kappa shape index (κ3) is 3.04. The minimum absolute atomic E-state index is 0.268. The Hall–Kier alpha value is -1.04. The second-order valence-corrected chi connectivity index (χ2v) is 4.94. The number of hydrogen-bond acceptors (Lipinski definition) is 4. The van der Waals surface area contributed by atoms with Gasteiger partial charge in [-0.3, -0.25) is 4.79 Å². The Morgan fingerprint density at radius 2 is 2.17 bits per heavy atom. The molecule has 0 radical (unpaired) electrons. The molecule has 2 heterocycles. The molecule has 1 aromatic rings. The predicted molar refractivity (Wildman–Crippen MR) is 67.1 cm³/mol. The summed E-state index contributed by atoms with van der Waals surface area (Å²) in [4.78, 5) is 11.6. The molecule has 1 fully saturated rings. The molecule has 1 amide bonds. The van der Waals surface area contributed by atoms with Gasteiger partial charge in [-0.25, -0.2) is 0 Å². The molecule has 0 aromatic carbocycles. The highest BCUT2D eigenvalue weighted by Gasteiger charge is 2.37. The van der Waals surface area contributed by atoms with Gasteiger partial charge in [0.15, 0.2) is 5.22 Å². The molecule has 5 nitrogen and oxygen atoms in total. The van der Waals surface area contributed by atoms with Crippen LogP contribution in [0.5, 0.6) is 0 Å². The number of nitrogens with one attached hydrogen (secondary N) is 1. The van der Waals surface area contributed by atoms with Crippen molar-refractivity contribution in [3.05, 3.63) is 23.1 Å². The Bertz CT molecular complexity index is 413. The van der Waals surface area contributed by atoms with E-state index >= 15 is 0 Å². The molecule has 0 atom stereocenters. The van der Waals surface area contributed by atoms with Crippen molar-refractivity contribution in [1.29, 1.82) is 0 Å². The zero-order chi connectivity index (χ0) is 13.0. The van der Waals surface area contributed by atoms with E-state index in [4.69, 9.17) is 26.5 Å². The summed E-state index contributed by atoms with van der Waals surface area (Å²) in [6, 6.07) is 3.49. The van der Waals surface area contributed by atoms with E-state index in [2.05, 4.69) is 5.32 Å². The van der Waals surface area contributed by atoms with E-state index in [0.717, 1.165) is 5.76 Å². The molecular formula is C12H17ClN2O3. The Labute approximate surface area is 111 Å². The van der Waals surface area contributed by atoms with Crippen molar-refractivity contribution in [3.8, 4) is 0 Å². The minimum atomic E-state index is -0.505. The summed E-state index contributed by atoms with van der Waals surface area (Å²) in [5, 5.41) is 3.56. The van der Waals surface area contributed by atoms with Crippen LogP contribution >= 0.6 is 11.6 Å². The van der Waals surface area contributed by atoms with E-state index < -0.39 is 5.41 Å². The molecule has 1 aliphatic rings. The van der Waals surface area contributed by atoms with Crippen LogP contribution in [0.15, 0.2) is 16.5 Å². The summed E-state index contributed by atoms with van der Waals surface area (Å²) < 4.78 is 10.5. The molecular weight excluding hydrogens is 256 g/mol. The maximum absolute atomic E-state index is 11.6. The number of amides is 1. The van der Waals surface area contributed by atoms with Gasteiger partial charge in [0, 0.05) is 19.8 Å². The lowest BCUT2D eigenvalue weighted by Gasteiger charge is -2.34. The Morgan fingerprint density at radius 1 is 1.44 bits per heavy atom. The van der Waals surface area contributed by atoms with Crippen molar-refractivity contribution in [2.24, 2.45) is 11.1 Å². The summed E-state index contributed by atoms with van der Waals surface area (Å²) >= 11 is 5.68. The van der Waals surface area contributed by atoms with E-state index in [1.165, 1.54) is 0 Å². The summed E-state index contributed by atoms with van der Waals surface area (Å²) in [6.07, 6.45) is 1.32. The van der Waals surface area contributed by atoms with Crippen molar-refractivity contribution in [2.45, 2.75) is 19.4 Å². The number of nitrogens with two attached hydrogens (primary N) is 1. The van der Waals surface area contributed by atoms with Crippen LogP contribution in [0.25, 0.3) is 0 Å². The Balaban J connectivity index is 1.88. The standard InChI is InChI=1S/C12H17ClN2O3/c13-10-2-1-9(18-10)7-15-8-12(11(14)16)3-5-17-6-4-12/h1-2,15H,3-8H2,(H2,14,16). The van der Waals surface area contributed by atoms with E-state index in [0.29, 0.717) is 44.4 Å². The molecule has 1 aliphatic heterocycles. The third-order valence-corrected chi connectivity index (χ3v) is 3.57. The van der Waals surface area contributed by atoms with E-state index in [-0.39, 0.29) is 5.91 Å². The maximum atomic E-state index is 11.6. The zero-order valence-corrected chi connectivity index (χ0v) is 10.8. The fraction of sp³-hybridized carbons (Fsp3) is 0.583. The first-order valence-corrected chi connectivity index (χ1v) is 6.33. The molecule has 0 saturated carbocycles. The van der Waals surface area contributed by atoms with Crippen molar-refractivity contribution in [2.75, 3.05) is 19.8 Å². The fourth-order valence-corrected chi connectivity index (χ4v) is 2.31. The van der Waals surface area contributed by atoms with E-state index in [1.54, 1.807) is 12.1 Å². The number of ether oxygens (including phenoxy) is 1. The number of carbonyl (C=O) groups is 1. The van der Waals surface area contributed by atoms with Gasteiger partial charge in [0.25, 0.3) is 0 Å². The number of carbonyl (C=O) groups excluding carboxylic acids is 1. The van der Waals surface area contributed by atoms with Crippen LogP contribution in [0.3, 0.4) is 0 Å². The molecule has 0 unspecified atom stereocenters. The highest BCUT2D eigenvalue weighted by atomic mass is 35.5. The number of primary amides is 1. The second kappa shape index (κ2) is 5.73. The Kier molecular flexibility index (Phi) is 4.27. The zero-order valence-electron chi connectivity index (χ0n) is 10.1. The van der Waals surface area contributed by atoms with Gasteiger partial charge in [0.2, 0.25) is 5.91 Å². The molecule has 2 rings (SSSR count). The highest BCUT2D eigenvalue weighted by molar-refractivity contribution is 6.28. The normalized spacial score (nSPS) is 18.7. The molecule has 18 heavy (non-hydrogen) atoms. The Morgan fingerprint density at radius 3 is 2.72 bits per heavy atom. The van der Waals surface area contributed by atoms with E-state index in [1.807, 2.05) is 0 Å². The first kappa shape index (κ1) is 13.4. The third-order valence-electron chi connectivity index (χ3n) is 3.36. The van der Waals surface area contributed by atoms with Gasteiger partial charge in [-0.2, -0.15) is 0 Å². The van der Waals surface area contributed by atoms with Crippen LogP contribution < -0.4 is 11.1 Å². The quantitative estimate of drug-likeness (QED) is 0.847. The van der Waals surface area contributed by atoms with Crippen molar-refractivity contribution in [1.82, 2.24) is 5.32 Å². The predicted octanol–water partition coefficient (Wildman–Crippen LogP) is 1.30. The van der Waals surface area contributed by atoms with Crippen molar-refractivity contribution in [3.63, 3.8) is 0 Å². The van der Waals surface area contributed by atoms with Gasteiger partial charge in [0.1, 0.15) is 5.76 Å². The van der Waals surface area contributed by atoms with Gasteiger partial charge in [-0.1, -0.05) is 0 Å². The summed E-state index contributed by atoms with van der Waals surface area (Å²) in [6.45, 7) is 2.22. The number of halogens is 1. The van der Waals surface area contributed by atoms with Gasteiger partial charge < -0.3 is 20.2 Å². The highest BCUT2D eigenvalue weighted by Crippen LogP contribution is 2.29. The summed E-state index contributed by atoms with van der Waals surface area (Å²) in [5.41, 5.74) is 5.00. The SMILES string of the molecule is NC(=O)C1(CNCc2ccc(Cl)o2)CCOCC1. The summed E-state index contributed by atoms with van der Waals surface area (Å²) in [7, 11) is 0. The first-order chi connectivity index (χ1) is 8.62. The fourth-order valence-electron chi connectivity index (χ4n) is 2.14. The largest absolute Gasteiger partial charge is 0.448 e. The van der Waals surface area contributed by atoms with E-state index in [9.17, 15) is 4.79 Å². The minimum Gasteiger partial charge on any atom is -0.448 e. The molecule has 0 spiro atoms. The second-order valence-electron chi connectivity index (χ2n) is 4.57.